The van der Waals surface area contributed by atoms with Crippen LogP contribution in [0.15, 0.2) is 84.4 Å². The van der Waals surface area contributed by atoms with Crippen LogP contribution in [0.1, 0.15) is 52.7 Å². The fourth-order valence-electron chi connectivity index (χ4n) is 4.92. The molecule has 0 radical (unpaired) electrons. The lowest BCUT2D eigenvalue weighted by Crippen LogP contribution is -2.53. The topological polar surface area (TPSA) is 58.9 Å². The van der Waals surface area contributed by atoms with Crippen LogP contribution in [0.4, 0.5) is 0 Å². The number of para-hydroxylation sites is 2. The molecule has 0 spiro atoms. The predicted octanol–water partition coefficient (Wildman–Crippen LogP) is 6.77. The van der Waals surface area contributed by atoms with Gasteiger partial charge in [0.1, 0.15) is 23.0 Å². The molecule has 1 fully saturated rings. The lowest BCUT2D eigenvalue weighted by molar-refractivity contribution is -0.109. The number of hydrogen-bond acceptors (Lipinski definition) is 4. The van der Waals surface area contributed by atoms with Crippen molar-refractivity contribution in [2.75, 3.05) is 0 Å². The molecule has 2 heterocycles. The van der Waals surface area contributed by atoms with E-state index in [0.717, 1.165) is 45.3 Å². The monoisotopic (exact) mass is 484 g/mol. The van der Waals surface area contributed by atoms with Crippen molar-refractivity contribution in [1.29, 1.82) is 0 Å². The molecule has 4 heteroatoms. The Kier molecular flexibility index (Phi) is 6.01. The van der Waals surface area contributed by atoms with Gasteiger partial charge in [-0.2, -0.15) is 0 Å². The summed E-state index contributed by atoms with van der Waals surface area (Å²) in [6, 6.07) is 15.8. The van der Waals surface area contributed by atoms with Gasteiger partial charge in [-0.05, 0) is 35.4 Å². The van der Waals surface area contributed by atoms with Gasteiger partial charge in [-0.3, -0.25) is 0 Å². The van der Waals surface area contributed by atoms with Crippen LogP contribution in [0.5, 0.6) is 11.5 Å². The average Bonchev–Trinajstić information content (AvgIpc) is 2.84. The number of fused-ring (bicyclic) bond motifs is 2. The summed E-state index contributed by atoms with van der Waals surface area (Å²) in [5.74, 6) is 2.60. The SMILES string of the molecule is CC(C)(C)C1=C/C(=C\C2C(O)C(/C=C3\C=C(C(C)(C)C)Oc4ccccc43)C2O)c2ccccc2O1. The summed E-state index contributed by atoms with van der Waals surface area (Å²) < 4.78 is 12.3. The highest BCUT2D eigenvalue weighted by Gasteiger charge is 2.47. The van der Waals surface area contributed by atoms with Crippen molar-refractivity contribution in [3.8, 4) is 11.5 Å². The van der Waals surface area contributed by atoms with Gasteiger partial charge < -0.3 is 19.7 Å². The van der Waals surface area contributed by atoms with Crippen LogP contribution in [-0.4, -0.2) is 22.4 Å². The van der Waals surface area contributed by atoms with Crippen LogP contribution >= 0.6 is 0 Å². The number of rotatable bonds is 2. The lowest BCUT2D eigenvalue weighted by Gasteiger charge is -2.44. The van der Waals surface area contributed by atoms with Crippen LogP contribution in [0, 0.1) is 22.7 Å². The first-order valence-corrected chi connectivity index (χ1v) is 12.7. The molecule has 5 rings (SSSR count). The fraction of sp³-hybridized carbons (Fsp3) is 0.375. The van der Waals surface area contributed by atoms with Gasteiger partial charge in [0.25, 0.3) is 0 Å². The molecule has 2 aromatic carbocycles. The molecule has 3 aliphatic rings. The molecule has 1 aliphatic carbocycles. The molecule has 2 N–H and O–H groups in total. The van der Waals surface area contributed by atoms with Gasteiger partial charge in [0.2, 0.25) is 0 Å². The molecule has 0 bridgehead atoms. The zero-order chi connectivity index (χ0) is 25.8. The van der Waals surface area contributed by atoms with E-state index in [2.05, 4.69) is 41.5 Å². The zero-order valence-corrected chi connectivity index (χ0v) is 21.9. The Balaban J connectivity index is 1.48. The summed E-state index contributed by atoms with van der Waals surface area (Å²) in [6.45, 7) is 12.7. The fourth-order valence-corrected chi connectivity index (χ4v) is 4.92. The van der Waals surface area contributed by atoms with E-state index in [1.54, 1.807) is 0 Å². The molecule has 0 atom stereocenters. The zero-order valence-electron chi connectivity index (χ0n) is 21.9. The highest BCUT2D eigenvalue weighted by atomic mass is 16.5. The van der Waals surface area contributed by atoms with E-state index in [0.29, 0.717) is 0 Å². The molecule has 4 nitrogen and oxygen atoms in total. The largest absolute Gasteiger partial charge is 0.461 e. The van der Waals surface area contributed by atoms with Crippen LogP contribution in [-0.2, 0) is 0 Å². The molecular formula is C32H36O4. The third-order valence-corrected chi connectivity index (χ3v) is 7.21. The summed E-state index contributed by atoms with van der Waals surface area (Å²) in [7, 11) is 0. The van der Waals surface area contributed by atoms with E-state index >= 15 is 0 Å². The summed E-state index contributed by atoms with van der Waals surface area (Å²) in [4.78, 5) is 0. The lowest BCUT2D eigenvalue weighted by atomic mass is 9.67. The molecule has 0 unspecified atom stereocenters. The Morgan fingerprint density at radius 1 is 0.611 bits per heavy atom. The van der Waals surface area contributed by atoms with E-state index in [-0.39, 0.29) is 22.7 Å². The minimum Gasteiger partial charge on any atom is -0.461 e. The van der Waals surface area contributed by atoms with E-state index in [1.807, 2.05) is 72.8 Å². The van der Waals surface area contributed by atoms with E-state index < -0.39 is 12.2 Å². The number of benzene rings is 2. The van der Waals surface area contributed by atoms with Gasteiger partial charge in [-0.25, -0.2) is 0 Å². The number of ether oxygens (including phenoxy) is 2. The predicted molar refractivity (Wildman–Crippen MR) is 144 cm³/mol. The van der Waals surface area contributed by atoms with Crippen LogP contribution in [0.25, 0.3) is 11.1 Å². The molecule has 2 aromatic rings. The second kappa shape index (κ2) is 8.79. The second-order valence-corrected chi connectivity index (χ2v) is 12.1. The maximum atomic E-state index is 11.2. The number of aliphatic hydroxyl groups is 2. The van der Waals surface area contributed by atoms with Gasteiger partial charge in [0, 0.05) is 33.8 Å². The van der Waals surface area contributed by atoms with Crippen LogP contribution in [0.2, 0.25) is 0 Å². The molecule has 0 amide bonds. The highest BCUT2D eigenvalue weighted by Crippen LogP contribution is 2.46. The second-order valence-electron chi connectivity index (χ2n) is 12.1. The Bertz CT molecular complexity index is 1190. The van der Waals surface area contributed by atoms with Crippen molar-refractivity contribution in [2.45, 2.75) is 53.8 Å². The summed E-state index contributed by atoms with van der Waals surface area (Å²) in [5.41, 5.74) is 3.57. The van der Waals surface area contributed by atoms with Gasteiger partial charge >= 0.3 is 0 Å². The third-order valence-electron chi connectivity index (χ3n) is 7.21. The van der Waals surface area contributed by atoms with Gasteiger partial charge in [-0.1, -0.05) is 90.1 Å². The van der Waals surface area contributed by atoms with Gasteiger partial charge in [0.15, 0.2) is 0 Å². The first-order chi connectivity index (χ1) is 16.9. The normalized spacial score (nSPS) is 27.8. The Morgan fingerprint density at radius 3 is 1.33 bits per heavy atom. The quantitative estimate of drug-likeness (QED) is 0.494. The molecular weight excluding hydrogens is 448 g/mol. The van der Waals surface area contributed by atoms with Crippen molar-refractivity contribution in [3.63, 3.8) is 0 Å². The minimum absolute atomic E-state index is 0.163. The summed E-state index contributed by atoms with van der Waals surface area (Å²) in [6.07, 6.45) is 6.71. The third kappa shape index (κ3) is 4.44. The van der Waals surface area contributed by atoms with E-state index in [9.17, 15) is 10.2 Å². The van der Waals surface area contributed by atoms with Gasteiger partial charge in [-0.15, -0.1) is 0 Å². The maximum Gasteiger partial charge on any atom is 0.134 e. The Morgan fingerprint density at radius 2 is 0.972 bits per heavy atom. The molecule has 2 aliphatic heterocycles. The standard InChI is InChI=1S/C32H36O4/c1-31(2,3)27-17-19(21-11-7-9-13-25(21)35-27)15-23-29(33)24(30(23)34)16-20-18-28(32(4,5)6)36-26-14-10-8-12-22(20)26/h7-18,23-24,29-30,33-34H,1-6H3/b19-15+,20-16+. The Hall–Kier alpha value is -3.08. The maximum absolute atomic E-state index is 11.2. The molecule has 188 valence electrons. The molecule has 0 saturated heterocycles. The van der Waals surface area contributed by atoms with Crippen LogP contribution < -0.4 is 9.47 Å². The van der Waals surface area contributed by atoms with Gasteiger partial charge in [0.05, 0.1) is 12.2 Å². The molecule has 0 aromatic heterocycles. The molecule has 36 heavy (non-hydrogen) atoms. The van der Waals surface area contributed by atoms with E-state index in [1.165, 1.54) is 0 Å². The van der Waals surface area contributed by atoms with Crippen LogP contribution in [0.3, 0.4) is 0 Å². The highest BCUT2D eigenvalue weighted by molar-refractivity contribution is 5.82. The van der Waals surface area contributed by atoms with Crippen molar-refractivity contribution in [2.24, 2.45) is 22.7 Å². The minimum atomic E-state index is -0.692. The first-order valence-electron chi connectivity index (χ1n) is 12.7. The smallest absolute Gasteiger partial charge is 0.134 e. The number of aliphatic hydroxyl groups excluding tert-OH is 2. The van der Waals surface area contributed by atoms with E-state index in [4.69, 9.17) is 9.47 Å². The van der Waals surface area contributed by atoms with Crippen molar-refractivity contribution < 1.29 is 19.7 Å². The Labute approximate surface area is 214 Å². The number of hydrogen-bond donors (Lipinski definition) is 2. The first kappa shape index (κ1) is 24.6. The average molecular weight is 485 g/mol. The molecule has 1 saturated carbocycles. The van der Waals surface area contributed by atoms with Crippen molar-refractivity contribution >= 4 is 11.1 Å². The summed E-state index contributed by atoms with van der Waals surface area (Å²) in [5, 5.41) is 22.4. The van der Waals surface area contributed by atoms with Crippen molar-refractivity contribution in [1.82, 2.24) is 0 Å². The number of allylic oxidation sites excluding steroid dienone is 6. The van der Waals surface area contributed by atoms with Crippen molar-refractivity contribution in [3.05, 3.63) is 95.5 Å². The summed E-state index contributed by atoms with van der Waals surface area (Å²) >= 11 is 0.